The van der Waals surface area contributed by atoms with E-state index in [0.717, 1.165) is 11.1 Å². The number of hydrogen-bond donors (Lipinski definition) is 2. The van der Waals surface area contributed by atoms with Crippen molar-refractivity contribution in [1.29, 1.82) is 0 Å². The Morgan fingerprint density at radius 3 is 2.81 bits per heavy atom. The van der Waals surface area contributed by atoms with Crippen LogP contribution in [0.2, 0.25) is 5.02 Å². The van der Waals surface area contributed by atoms with Gasteiger partial charge in [0.05, 0.1) is 6.21 Å². The molecule has 8 heteroatoms. The number of aryl methyl sites for hydroxylation is 1. The van der Waals surface area contributed by atoms with E-state index in [1.807, 2.05) is 31.2 Å². The summed E-state index contributed by atoms with van der Waals surface area (Å²) in [7, 11) is 0. The Hall–Kier alpha value is -2.64. The van der Waals surface area contributed by atoms with E-state index in [9.17, 15) is 9.59 Å². The molecular weight excluding hydrogens is 384 g/mol. The number of carbonyl (C=O) groups is 2. The van der Waals surface area contributed by atoms with Crippen molar-refractivity contribution in [2.75, 3.05) is 5.32 Å². The minimum Gasteiger partial charge on any atom is -0.326 e. The van der Waals surface area contributed by atoms with E-state index in [0.29, 0.717) is 15.9 Å². The third kappa shape index (κ3) is 5.67. The lowest BCUT2D eigenvalue weighted by Gasteiger charge is -2.07. The van der Waals surface area contributed by atoms with Crippen molar-refractivity contribution < 1.29 is 9.59 Å². The minimum atomic E-state index is -0.544. The fraction of sp³-hybridized carbons (Fsp3) is 0.158. The van der Waals surface area contributed by atoms with Gasteiger partial charge in [0.1, 0.15) is 5.25 Å². The van der Waals surface area contributed by atoms with Gasteiger partial charge >= 0.3 is 0 Å². The van der Waals surface area contributed by atoms with E-state index in [-0.39, 0.29) is 18.2 Å². The smallest absolute Gasteiger partial charge is 0.240 e. The van der Waals surface area contributed by atoms with Crippen LogP contribution in [0.5, 0.6) is 0 Å². The summed E-state index contributed by atoms with van der Waals surface area (Å²) in [6, 6.07) is 14.7. The van der Waals surface area contributed by atoms with Crippen LogP contribution in [-0.4, -0.2) is 28.4 Å². The summed E-state index contributed by atoms with van der Waals surface area (Å²) in [5.41, 5.74) is 2.67. The highest BCUT2D eigenvalue weighted by Gasteiger charge is 2.32. The monoisotopic (exact) mass is 400 g/mol. The number of halogens is 1. The second kappa shape index (κ2) is 8.83. The van der Waals surface area contributed by atoms with Crippen LogP contribution in [0.25, 0.3) is 0 Å². The molecule has 1 aliphatic rings. The quantitative estimate of drug-likeness (QED) is 0.594. The van der Waals surface area contributed by atoms with Crippen molar-refractivity contribution in [3.8, 4) is 0 Å². The van der Waals surface area contributed by atoms with Gasteiger partial charge in [0.15, 0.2) is 5.17 Å². The summed E-state index contributed by atoms with van der Waals surface area (Å²) < 4.78 is 0. The molecule has 0 aliphatic carbocycles. The van der Waals surface area contributed by atoms with E-state index in [1.54, 1.807) is 30.5 Å². The molecule has 1 heterocycles. The first kappa shape index (κ1) is 19.1. The van der Waals surface area contributed by atoms with Crippen LogP contribution in [0.3, 0.4) is 0 Å². The summed E-state index contributed by atoms with van der Waals surface area (Å²) in [6.07, 6.45) is 1.64. The number of carbonyl (C=O) groups excluding carboxylic acids is 2. The van der Waals surface area contributed by atoms with Gasteiger partial charge in [-0.05, 0) is 30.7 Å². The van der Waals surface area contributed by atoms with Gasteiger partial charge in [-0.1, -0.05) is 59.3 Å². The standard InChI is InChI=1S/C19H17ClN4O2S/c1-12-5-7-13(8-6-12)11-21-24-19-23-18(26)16(27-19)10-17(25)22-15-4-2-3-14(20)9-15/h2-9,11,16H,10H2,1H3,(H,22,25)(H,23,24,26). The molecule has 2 aromatic carbocycles. The van der Waals surface area contributed by atoms with Crippen LogP contribution in [0, 0.1) is 6.92 Å². The third-order valence-electron chi connectivity index (χ3n) is 3.69. The third-order valence-corrected chi connectivity index (χ3v) is 5.00. The molecule has 2 aromatic rings. The Bertz CT molecular complexity index is 912. The number of nitrogens with one attached hydrogen (secondary N) is 2. The van der Waals surface area contributed by atoms with Gasteiger partial charge in [-0.25, -0.2) is 0 Å². The van der Waals surface area contributed by atoms with Crippen molar-refractivity contribution in [3.63, 3.8) is 0 Å². The first-order valence-corrected chi connectivity index (χ1v) is 9.46. The van der Waals surface area contributed by atoms with Crippen LogP contribution >= 0.6 is 23.4 Å². The van der Waals surface area contributed by atoms with Gasteiger partial charge in [-0.2, -0.15) is 5.10 Å². The number of amides is 2. The molecule has 2 amide bonds. The van der Waals surface area contributed by atoms with E-state index >= 15 is 0 Å². The highest BCUT2D eigenvalue weighted by atomic mass is 35.5. The molecule has 0 spiro atoms. The highest BCUT2D eigenvalue weighted by Crippen LogP contribution is 2.23. The Morgan fingerprint density at radius 1 is 1.30 bits per heavy atom. The zero-order valence-corrected chi connectivity index (χ0v) is 16.1. The molecule has 1 saturated heterocycles. The summed E-state index contributed by atoms with van der Waals surface area (Å²) >= 11 is 7.08. The Labute approximate surface area is 166 Å². The van der Waals surface area contributed by atoms with E-state index < -0.39 is 5.25 Å². The molecule has 138 valence electrons. The fourth-order valence-electron chi connectivity index (χ4n) is 2.33. The number of hydrogen-bond acceptors (Lipinski definition) is 5. The molecule has 6 nitrogen and oxygen atoms in total. The van der Waals surface area contributed by atoms with Gasteiger partial charge in [0, 0.05) is 17.1 Å². The Morgan fingerprint density at radius 2 is 2.07 bits per heavy atom. The van der Waals surface area contributed by atoms with E-state index in [2.05, 4.69) is 20.8 Å². The van der Waals surface area contributed by atoms with Crippen molar-refractivity contribution in [3.05, 3.63) is 64.7 Å². The first-order valence-electron chi connectivity index (χ1n) is 8.20. The van der Waals surface area contributed by atoms with Crippen LogP contribution in [0.1, 0.15) is 17.5 Å². The molecule has 1 atom stereocenters. The van der Waals surface area contributed by atoms with Crippen LogP contribution < -0.4 is 10.6 Å². The Kier molecular flexibility index (Phi) is 6.26. The number of nitrogens with zero attached hydrogens (tertiary/aromatic N) is 2. The van der Waals surface area contributed by atoms with Crippen molar-refractivity contribution in [1.82, 2.24) is 5.32 Å². The molecule has 0 radical (unpaired) electrons. The molecule has 1 fully saturated rings. The molecule has 1 aliphatic heterocycles. The van der Waals surface area contributed by atoms with Crippen LogP contribution in [0.4, 0.5) is 5.69 Å². The SMILES string of the molecule is Cc1ccc(C=NN=C2NC(=O)C(CC(=O)Nc3cccc(Cl)c3)S2)cc1. The second-order valence-corrected chi connectivity index (χ2v) is 7.55. The molecular formula is C19H17ClN4O2S. The Balaban J connectivity index is 1.55. The average Bonchev–Trinajstić information content (AvgIpc) is 2.96. The van der Waals surface area contributed by atoms with Crippen molar-refractivity contribution in [2.24, 2.45) is 10.2 Å². The second-order valence-electron chi connectivity index (χ2n) is 5.92. The molecule has 3 rings (SSSR count). The molecule has 0 aromatic heterocycles. The van der Waals surface area contributed by atoms with Gasteiger partial charge in [0.25, 0.3) is 0 Å². The number of thioether (sulfide) groups is 1. The molecule has 1 unspecified atom stereocenters. The highest BCUT2D eigenvalue weighted by molar-refractivity contribution is 8.15. The zero-order chi connectivity index (χ0) is 19.2. The van der Waals surface area contributed by atoms with Gasteiger partial charge in [0.2, 0.25) is 11.8 Å². The zero-order valence-electron chi connectivity index (χ0n) is 14.5. The molecule has 27 heavy (non-hydrogen) atoms. The molecule has 0 saturated carbocycles. The lowest BCUT2D eigenvalue weighted by molar-refractivity contribution is -0.122. The van der Waals surface area contributed by atoms with Crippen molar-refractivity contribution >= 4 is 52.2 Å². The number of amidine groups is 1. The normalized spacial score (nSPS) is 18.1. The predicted molar refractivity (Wildman–Crippen MR) is 110 cm³/mol. The van der Waals surface area contributed by atoms with E-state index in [1.165, 1.54) is 11.8 Å². The largest absolute Gasteiger partial charge is 0.326 e. The maximum atomic E-state index is 12.1. The predicted octanol–water partition coefficient (Wildman–Crippen LogP) is 3.60. The van der Waals surface area contributed by atoms with E-state index in [4.69, 9.17) is 11.6 Å². The molecule has 2 N–H and O–H groups in total. The lowest BCUT2D eigenvalue weighted by Crippen LogP contribution is -2.28. The van der Waals surface area contributed by atoms with Gasteiger partial charge in [-0.3, -0.25) is 9.59 Å². The number of rotatable bonds is 5. The van der Waals surface area contributed by atoms with Crippen molar-refractivity contribution in [2.45, 2.75) is 18.6 Å². The summed E-state index contributed by atoms with van der Waals surface area (Å²) in [5, 5.41) is 13.7. The fourth-order valence-corrected chi connectivity index (χ4v) is 3.45. The lowest BCUT2D eigenvalue weighted by atomic mass is 10.2. The summed E-state index contributed by atoms with van der Waals surface area (Å²) in [6.45, 7) is 2.01. The topological polar surface area (TPSA) is 82.9 Å². The number of anilines is 1. The minimum absolute atomic E-state index is 0.0315. The maximum Gasteiger partial charge on any atom is 0.240 e. The van der Waals surface area contributed by atoms with Gasteiger partial charge in [-0.15, -0.1) is 5.10 Å². The maximum absolute atomic E-state index is 12.1. The molecule has 0 bridgehead atoms. The first-order chi connectivity index (χ1) is 13.0. The summed E-state index contributed by atoms with van der Waals surface area (Å²) in [4.78, 5) is 24.2. The van der Waals surface area contributed by atoms with Crippen LogP contribution in [-0.2, 0) is 9.59 Å². The van der Waals surface area contributed by atoms with Crippen LogP contribution in [0.15, 0.2) is 58.7 Å². The average molecular weight is 401 g/mol. The summed E-state index contributed by atoms with van der Waals surface area (Å²) in [5.74, 6) is -0.528. The number of benzene rings is 2. The van der Waals surface area contributed by atoms with Gasteiger partial charge < -0.3 is 10.6 Å².